The first-order valence-electron chi connectivity index (χ1n) is 6.02. The predicted octanol–water partition coefficient (Wildman–Crippen LogP) is 1.21. The summed E-state index contributed by atoms with van der Waals surface area (Å²) in [6, 6.07) is 3.66. The van der Waals surface area contributed by atoms with E-state index in [0.29, 0.717) is 5.82 Å². The third kappa shape index (κ3) is 2.43. The molecule has 6 heteroatoms. The summed E-state index contributed by atoms with van der Waals surface area (Å²) in [5, 5.41) is 24.9. The monoisotopic (exact) mass is 249 g/mol. The minimum Gasteiger partial charge on any atom is -0.394 e. The number of aromatic nitrogens is 4. The fraction of sp³-hybridized carbons (Fsp3) is 0.583. The van der Waals surface area contributed by atoms with Gasteiger partial charge in [0.15, 0.2) is 11.5 Å². The molecule has 98 valence electrons. The van der Waals surface area contributed by atoms with E-state index in [1.54, 1.807) is 4.52 Å². The molecule has 0 unspecified atom stereocenters. The van der Waals surface area contributed by atoms with Crippen LogP contribution in [0.25, 0.3) is 5.65 Å². The Morgan fingerprint density at radius 2 is 2.06 bits per heavy atom. The van der Waals surface area contributed by atoms with Gasteiger partial charge in [0.2, 0.25) is 0 Å². The Labute approximate surface area is 106 Å². The van der Waals surface area contributed by atoms with Crippen molar-refractivity contribution in [2.24, 2.45) is 0 Å². The van der Waals surface area contributed by atoms with E-state index in [-0.39, 0.29) is 18.1 Å². The number of rotatable bonds is 3. The van der Waals surface area contributed by atoms with E-state index in [4.69, 9.17) is 5.11 Å². The highest BCUT2D eigenvalue weighted by Gasteiger charge is 2.21. The van der Waals surface area contributed by atoms with Gasteiger partial charge in [0, 0.05) is 11.5 Å². The normalized spacial score (nSPS) is 13.8. The third-order valence-electron chi connectivity index (χ3n) is 2.60. The van der Waals surface area contributed by atoms with Crippen molar-refractivity contribution in [3.8, 4) is 0 Å². The van der Waals surface area contributed by atoms with Crippen LogP contribution in [0.3, 0.4) is 0 Å². The average Bonchev–Trinajstić information content (AvgIpc) is 2.71. The van der Waals surface area contributed by atoms with Crippen molar-refractivity contribution < 1.29 is 5.11 Å². The number of aliphatic hydroxyl groups is 1. The van der Waals surface area contributed by atoms with Gasteiger partial charge in [-0.05, 0) is 19.1 Å². The molecular weight excluding hydrogens is 230 g/mol. The maximum Gasteiger partial charge on any atom is 0.178 e. The number of nitrogens with zero attached hydrogens (tertiary/aromatic N) is 4. The van der Waals surface area contributed by atoms with E-state index in [1.807, 2.05) is 19.1 Å². The Hall–Kier alpha value is -1.69. The van der Waals surface area contributed by atoms with Crippen molar-refractivity contribution in [3.63, 3.8) is 0 Å². The molecule has 2 N–H and O–H groups in total. The van der Waals surface area contributed by atoms with Crippen molar-refractivity contribution in [2.75, 3.05) is 11.9 Å². The molecule has 0 aliphatic heterocycles. The van der Waals surface area contributed by atoms with Crippen LogP contribution in [0.4, 0.5) is 5.82 Å². The molecule has 2 rings (SSSR count). The molecule has 0 aliphatic carbocycles. The molecule has 0 bridgehead atoms. The van der Waals surface area contributed by atoms with Crippen molar-refractivity contribution in [1.82, 2.24) is 19.8 Å². The van der Waals surface area contributed by atoms with E-state index in [2.05, 4.69) is 41.4 Å². The molecule has 18 heavy (non-hydrogen) atoms. The second kappa shape index (κ2) is 4.53. The molecule has 0 fully saturated rings. The van der Waals surface area contributed by atoms with Crippen LogP contribution in [0.2, 0.25) is 0 Å². The molecule has 1 atom stereocenters. The van der Waals surface area contributed by atoms with Crippen LogP contribution in [0.5, 0.6) is 0 Å². The summed E-state index contributed by atoms with van der Waals surface area (Å²) in [5.41, 5.74) is 0.607. The highest BCUT2D eigenvalue weighted by molar-refractivity contribution is 5.44. The Kier molecular flexibility index (Phi) is 3.21. The van der Waals surface area contributed by atoms with Crippen molar-refractivity contribution in [1.29, 1.82) is 0 Å². The molecule has 2 heterocycles. The maximum atomic E-state index is 9.03. The lowest BCUT2D eigenvalue weighted by Crippen LogP contribution is -2.22. The van der Waals surface area contributed by atoms with Gasteiger partial charge >= 0.3 is 0 Å². The summed E-state index contributed by atoms with van der Waals surface area (Å²) in [6.45, 7) is 8.17. The summed E-state index contributed by atoms with van der Waals surface area (Å²) in [5.74, 6) is 1.52. The molecule has 6 nitrogen and oxygen atoms in total. The highest BCUT2D eigenvalue weighted by Crippen LogP contribution is 2.20. The molecule has 0 aliphatic rings. The summed E-state index contributed by atoms with van der Waals surface area (Å²) >= 11 is 0. The quantitative estimate of drug-likeness (QED) is 0.855. The number of hydrogen-bond acceptors (Lipinski definition) is 5. The maximum absolute atomic E-state index is 9.03. The van der Waals surface area contributed by atoms with Crippen LogP contribution in [-0.4, -0.2) is 37.6 Å². The molecule has 0 amide bonds. The van der Waals surface area contributed by atoms with Crippen molar-refractivity contribution in [2.45, 2.75) is 39.2 Å². The van der Waals surface area contributed by atoms with Gasteiger partial charge in [-0.25, -0.2) is 0 Å². The zero-order chi connectivity index (χ0) is 13.3. The first-order chi connectivity index (χ1) is 8.41. The van der Waals surface area contributed by atoms with Crippen LogP contribution in [0, 0.1) is 0 Å². The molecule has 0 radical (unpaired) electrons. The van der Waals surface area contributed by atoms with Gasteiger partial charge in [-0.15, -0.1) is 15.3 Å². The molecule has 0 aromatic carbocycles. The van der Waals surface area contributed by atoms with Gasteiger partial charge in [0.05, 0.1) is 6.61 Å². The average molecular weight is 249 g/mol. The first-order valence-corrected chi connectivity index (χ1v) is 6.02. The fourth-order valence-electron chi connectivity index (χ4n) is 1.63. The van der Waals surface area contributed by atoms with Crippen LogP contribution in [0.15, 0.2) is 12.1 Å². The number of fused-ring (bicyclic) bond motifs is 1. The molecule has 2 aromatic rings. The van der Waals surface area contributed by atoms with E-state index < -0.39 is 0 Å². The van der Waals surface area contributed by atoms with Gasteiger partial charge in [0.25, 0.3) is 0 Å². The zero-order valence-electron chi connectivity index (χ0n) is 11.2. The lowest BCUT2D eigenvalue weighted by Gasteiger charge is -2.16. The van der Waals surface area contributed by atoms with E-state index in [9.17, 15) is 0 Å². The van der Waals surface area contributed by atoms with Crippen LogP contribution in [-0.2, 0) is 5.41 Å². The Bertz CT molecular complexity index is 543. The minimum absolute atomic E-state index is 0.0375. The van der Waals surface area contributed by atoms with Crippen molar-refractivity contribution in [3.05, 3.63) is 18.0 Å². The molecule has 0 spiro atoms. The molecule has 0 saturated carbocycles. The smallest absolute Gasteiger partial charge is 0.178 e. The zero-order valence-corrected chi connectivity index (χ0v) is 11.2. The second-order valence-electron chi connectivity index (χ2n) is 5.49. The SMILES string of the molecule is C[C@@H](CO)Nc1ccc2nnc(C(C)(C)C)n2n1. The topological polar surface area (TPSA) is 75.3 Å². The summed E-state index contributed by atoms with van der Waals surface area (Å²) < 4.78 is 1.74. The number of aliphatic hydroxyl groups excluding tert-OH is 1. The summed E-state index contributed by atoms with van der Waals surface area (Å²) in [6.07, 6.45) is 0. The van der Waals surface area contributed by atoms with Crippen LogP contribution in [0.1, 0.15) is 33.5 Å². The van der Waals surface area contributed by atoms with Gasteiger partial charge in [0.1, 0.15) is 5.82 Å². The minimum atomic E-state index is -0.117. The lowest BCUT2D eigenvalue weighted by molar-refractivity contribution is 0.281. The largest absolute Gasteiger partial charge is 0.394 e. The molecule has 2 aromatic heterocycles. The molecular formula is C12H19N5O. The summed E-state index contributed by atoms with van der Waals surface area (Å²) in [4.78, 5) is 0. The van der Waals surface area contributed by atoms with E-state index in [1.165, 1.54) is 0 Å². The standard InChI is InChI=1S/C12H19N5O/c1-8(7-18)13-9-5-6-10-14-15-11(12(2,3)4)17(10)16-9/h5-6,8,18H,7H2,1-4H3,(H,13,16)/t8-/m0/s1. The molecule has 0 saturated heterocycles. The Balaban J connectivity index is 2.43. The summed E-state index contributed by atoms with van der Waals surface area (Å²) in [7, 11) is 0. The first kappa shape index (κ1) is 12.8. The van der Waals surface area contributed by atoms with Gasteiger partial charge < -0.3 is 10.4 Å². The Morgan fingerprint density at radius 1 is 1.33 bits per heavy atom. The lowest BCUT2D eigenvalue weighted by atomic mass is 9.96. The van der Waals surface area contributed by atoms with Gasteiger partial charge in [-0.3, -0.25) is 0 Å². The fourth-order valence-corrected chi connectivity index (χ4v) is 1.63. The Morgan fingerprint density at radius 3 is 2.67 bits per heavy atom. The van der Waals surface area contributed by atoms with Gasteiger partial charge in [-0.2, -0.15) is 4.52 Å². The van der Waals surface area contributed by atoms with Crippen LogP contribution < -0.4 is 5.32 Å². The van der Waals surface area contributed by atoms with E-state index >= 15 is 0 Å². The highest BCUT2D eigenvalue weighted by atomic mass is 16.3. The van der Waals surface area contributed by atoms with Gasteiger partial charge in [-0.1, -0.05) is 20.8 Å². The number of hydrogen-bond donors (Lipinski definition) is 2. The van der Waals surface area contributed by atoms with Crippen molar-refractivity contribution >= 4 is 11.5 Å². The van der Waals surface area contributed by atoms with E-state index in [0.717, 1.165) is 11.5 Å². The third-order valence-corrected chi connectivity index (χ3v) is 2.60. The number of nitrogens with one attached hydrogen (secondary N) is 1. The number of anilines is 1. The van der Waals surface area contributed by atoms with Crippen LogP contribution >= 0.6 is 0 Å². The second-order valence-corrected chi connectivity index (χ2v) is 5.49. The predicted molar refractivity (Wildman–Crippen MR) is 69.7 cm³/mol.